The van der Waals surface area contributed by atoms with Crippen LogP contribution in [0.15, 0.2) is 47.4 Å². The summed E-state index contributed by atoms with van der Waals surface area (Å²) in [5.74, 6) is 0.0313. The Kier molecular flexibility index (Phi) is 8.26. The Balaban J connectivity index is 1.72. The maximum absolute atomic E-state index is 13.1. The molecule has 1 atom stereocenters. The molecule has 0 radical (unpaired) electrons. The molecule has 1 heterocycles. The maximum Gasteiger partial charge on any atom is 0.265 e. The zero-order valence-electron chi connectivity index (χ0n) is 19.9. The molecule has 13 heteroatoms. The van der Waals surface area contributed by atoms with Crippen LogP contribution in [0.3, 0.4) is 0 Å². The fraction of sp³-hybridized carbons (Fsp3) is 0.409. The van der Waals surface area contributed by atoms with Gasteiger partial charge in [0.1, 0.15) is 16.4 Å². The molecule has 0 saturated carbocycles. The van der Waals surface area contributed by atoms with Crippen molar-refractivity contribution < 1.29 is 35.8 Å². The number of sulfonamides is 2. The molecule has 1 saturated heterocycles. The van der Waals surface area contributed by atoms with Crippen LogP contribution in [0.5, 0.6) is 11.5 Å². The summed E-state index contributed by atoms with van der Waals surface area (Å²) in [6, 6.07) is 10.6. The molecule has 1 aliphatic rings. The van der Waals surface area contributed by atoms with E-state index in [1.54, 1.807) is 31.2 Å². The zero-order valence-corrected chi connectivity index (χ0v) is 21.6. The number of methoxy groups -OCH3 is 1. The second kappa shape index (κ2) is 10.8. The molecule has 192 valence electrons. The van der Waals surface area contributed by atoms with Crippen LogP contribution in [-0.4, -0.2) is 79.9 Å². The summed E-state index contributed by atoms with van der Waals surface area (Å²) >= 11 is 0. The number of hydrogen-bond acceptors (Lipinski definition) is 8. The molecule has 2 aromatic carbocycles. The molecular weight excluding hydrogens is 498 g/mol. The highest BCUT2D eigenvalue weighted by atomic mass is 32.2. The largest absolute Gasteiger partial charge is 0.495 e. The summed E-state index contributed by atoms with van der Waals surface area (Å²) in [7, 11) is -4.44. The normalized spacial score (nSPS) is 15.8. The van der Waals surface area contributed by atoms with Crippen LogP contribution < -0.4 is 19.1 Å². The van der Waals surface area contributed by atoms with Gasteiger partial charge in [-0.1, -0.05) is 0 Å². The third-order valence-corrected chi connectivity index (χ3v) is 8.52. The molecule has 35 heavy (non-hydrogen) atoms. The number of amides is 1. The lowest BCUT2D eigenvalue weighted by Crippen LogP contribution is -2.40. The highest BCUT2D eigenvalue weighted by Crippen LogP contribution is 2.30. The van der Waals surface area contributed by atoms with Crippen molar-refractivity contribution in [3.8, 4) is 11.5 Å². The highest BCUT2D eigenvalue weighted by Gasteiger charge is 2.30. The van der Waals surface area contributed by atoms with Crippen LogP contribution in [0, 0.1) is 0 Å². The number of anilines is 2. The third kappa shape index (κ3) is 6.42. The first-order chi connectivity index (χ1) is 16.4. The van der Waals surface area contributed by atoms with E-state index in [0.29, 0.717) is 24.7 Å². The first-order valence-electron chi connectivity index (χ1n) is 10.7. The summed E-state index contributed by atoms with van der Waals surface area (Å²) in [4.78, 5) is 12.7. The lowest BCUT2D eigenvalue weighted by molar-refractivity contribution is -0.122. The molecule has 0 bridgehead atoms. The van der Waals surface area contributed by atoms with Crippen LogP contribution in [-0.2, 0) is 29.6 Å². The fourth-order valence-electron chi connectivity index (χ4n) is 3.31. The van der Waals surface area contributed by atoms with Gasteiger partial charge in [0.2, 0.25) is 20.0 Å². The maximum atomic E-state index is 13.1. The number of benzene rings is 2. The van der Waals surface area contributed by atoms with Crippen LogP contribution in [0.1, 0.15) is 6.92 Å². The molecule has 1 amide bonds. The Morgan fingerprint density at radius 3 is 2.29 bits per heavy atom. The van der Waals surface area contributed by atoms with E-state index >= 15 is 0 Å². The summed E-state index contributed by atoms with van der Waals surface area (Å²) < 4.78 is 68.2. The average Bonchev–Trinajstić information content (AvgIpc) is 2.84. The lowest BCUT2D eigenvalue weighted by atomic mass is 10.2. The van der Waals surface area contributed by atoms with Gasteiger partial charge >= 0.3 is 0 Å². The van der Waals surface area contributed by atoms with Crippen molar-refractivity contribution >= 4 is 37.3 Å². The molecule has 3 rings (SSSR count). The molecule has 1 fully saturated rings. The van der Waals surface area contributed by atoms with Gasteiger partial charge in [-0.3, -0.25) is 9.10 Å². The average molecular weight is 528 g/mol. The second-order valence-electron chi connectivity index (χ2n) is 7.86. The molecule has 11 nitrogen and oxygen atoms in total. The van der Waals surface area contributed by atoms with Crippen LogP contribution >= 0.6 is 0 Å². The topological polar surface area (TPSA) is 132 Å². The van der Waals surface area contributed by atoms with Crippen molar-refractivity contribution in [1.29, 1.82) is 0 Å². The molecule has 0 aromatic heterocycles. The molecule has 0 unspecified atom stereocenters. The number of hydrogen-bond donors (Lipinski definition) is 1. The van der Waals surface area contributed by atoms with E-state index in [1.165, 1.54) is 36.7 Å². The Morgan fingerprint density at radius 2 is 1.71 bits per heavy atom. The second-order valence-corrected chi connectivity index (χ2v) is 11.8. The molecule has 0 spiro atoms. The number of carbonyl (C=O) groups is 1. The molecule has 2 aromatic rings. The summed E-state index contributed by atoms with van der Waals surface area (Å²) in [6.07, 6.45) is 0.176. The van der Waals surface area contributed by atoms with Gasteiger partial charge in [-0.2, -0.15) is 4.31 Å². The molecular formula is C22H29N3O8S2. The van der Waals surface area contributed by atoms with Gasteiger partial charge in [0.05, 0.1) is 32.3 Å². The predicted molar refractivity (Wildman–Crippen MR) is 131 cm³/mol. The van der Waals surface area contributed by atoms with Crippen LogP contribution in [0.25, 0.3) is 0 Å². The predicted octanol–water partition coefficient (Wildman–Crippen LogP) is 1.52. The monoisotopic (exact) mass is 527 g/mol. The van der Waals surface area contributed by atoms with Gasteiger partial charge in [-0.25, -0.2) is 16.8 Å². The van der Waals surface area contributed by atoms with Crippen molar-refractivity contribution in [2.24, 2.45) is 0 Å². The van der Waals surface area contributed by atoms with Crippen LogP contribution in [0.4, 0.5) is 11.4 Å². The Hall–Kier alpha value is -2.87. The van der Waals surface area contributed by atoms with E-state index in [1.807, 2.05) is 0 Å². The minimum absolute atomic E-state index is 0.0566. The van der Waals surface area contributed by atoms with Gasteiger partial charge < -0.3 is 19.5 Å². The SMILES string of the molecule is COc1ccc(NC(=O)[C@H](C)Oc2ccc(N(C)S(C)(=O)=O)cc2)cc1S(=O)(=O)N1CCOCC1. The van der Waals surface area contributed by atoms with Gasteiger partial charge in [-0.05, 0) is 49.4 Å². The lowest BCUT2D eigenvalue weighted by Gasteiger charge is -2.27. The minimum Gasteiger partial charge on any atom is -0.495 e. The first kappa shape index (κ1) is 26.7. The van der Waals surface area contributed by atoms with E-state index in [2.05, 4.69) is 5.32 Å². The van der Waals surface area contributed by atoms with Crippen LogP contribution in [0.2, 0.25) is 0 Å². The summed E-state index contributed by atoms with van der Waals surface area (Å²) in [5.41, 5.74) is 0.715. The van der Waals surface area contributed by atoms with Crippen molar-refractivity contribution in [2.75, 3.05) is 56.3 Å². The quantitative estimate of drug-likeness (QED) is 0.519. The first-order valence-corrected chi connectivity index (χ1v) is 14.0. The Labute approximate surface area is 205 Å². The van der Waals surface area contributed by atoms with Gasteiger partial charge in [0.15, 0.2) is 6.10 Å². The fourth-order valence-corrected chi connectivity index (χ4v) is 5.40. The van der Waals surface area contributed by atoms with E-state index in [-0.39, 0.29) is 29.4 Å². The zero-order chi connectivity index (χ0) is 25.8. The molecule has 1 aliphatic heterocycles. The van der Waals surface area contributed by atoms with Crippen molar-refractivity contribution in [2.45, 2.75) is 17.9 Å². The standard InChI is InChI=1S/C22H29N3O8S2/c1-16(33-19-8-6-18(7-9-19)24(2)34(4,27)28)22(26)23-17-5-10-20(31-3)21(15-17)35(29,30)25-11-13-32-14-12-25/h5-10,15-16H,11-14H2,1-4H3,(H,23,26)/t16-/m0/s1. The summed E-state index contributed by atoms with van der Waals surface area (Å²) in [5, 5.41) is 2.66. The minimum atomic E-state index is -3.85. The third-order valence-electron chi connectivity index (χ3n) is 5.40. The number of rotatable bonds is 9. The molecule has 0 aliphatic carbocycles. The van der Waals surface area contributed by atoms with Gasteiger partial charge in [0, 0.05) is 25.8 Å². The van der Waals surface area contributed by atoms with Crippen molar-refractivity contribution in [1.82, 2.24) is 4.31 Å². The van der Waals surface area contributed by atoms with E-state index in [4.69, 9.17) is 14.2 Å². The number of nitrogens with one attached hydrogen (secondary N) is 1. The van der Waals surface area contributed by atoms with Gasteiger partial charge in [0.25, 0.3) is 5.91 Å². The Morgan fingerprint density at radius 1 is 1.09 bits per heavy atom. The summed E-state index contributed by atoms with van der Waals surface area (Å²) in [6.45, 7) is 2.61. The number of nitrogens with zero attached hydrogens (tertiary/aromatic N) is 2. The van der Waals surface area contributed by atoms with E-state index in [9.17, 15) is 21.6 Å². The number of carbonyl (C=O) groups excluding carboxylic acids is 1. The van der Waals surface area contributed by atoms with Crippen molar-refractivity contribution in [3.63, 3.8) is 0 Å². The highest BCUT2D eigenvalue weighted by molar-refractivity contribution is 7.92. The van der Waals surface area contributed by atoms with E-state index in [0.717, 1.165) is 10.6 Å². The van der Waals surface area contributed by atoms with Gasteiger partial charge in [-0.15, -0.1) is 0 Å². The van der Waals surface area contributed by atoms with E-state index < -0.39 is 32.1 Å². The molecule has 1 N–H and O–H groups in total. The van der Waals surface area contributed by atoms with Crippen molar-refractivity contribution in [3.05, 3.63) is 42.5 Å². The number of morpholine rings is 1. The smallest absolute Gasteiger partial charge is 0.265 e. The Bertz CT molecular complexity index is 1260. The number of ether oxygens (including phenoxy) is 3.